The van der Waals surface area contributed by atoms with Gasteiger partial charge < -0.3 is 5.32 Å². The molecule has 2 N–H and O–H groups in total. The number of carbonyl (C=O) groups excluding carboxylic acids is 1. The number of sulfonamides is 1. The van der Waals surface area contributed by atoms with Crippen molar-refractivity contribution < 1.29 is 22.0 Å². The van der Waals surface area contributed by atoms with Gasteiger partial charge in [-0.25, -0.2) is 17.2 Å². The maximum atomic E-state index is 13.7. The molecule has 24 heavy (non-hydrogen) atoms. The van der Waals surface area contributed by atoms with Crippen molar-refractivity contribution >= 4 is 21.6 Å². The maximum absolute atomic E-state index is 13.7. The highest BCUT2D eigenvalue weighted by Gasteiger charge is 2.22. The number of para-hydroxylation sites is 1. The van der Waals surface area contributed by atoms with Crippen molar-refractivity contribution in [3.8, 4) is 12.3 Å². The van der Waals surface area contributed by atoms with Crippen LogP contribution in [0.5, 0.6) is 0 Å². The molecule has 0 aliphatic carbocycles. The van der Waals surface area contributed by atoms with Crippen LogP contribution in [0.3, 0.4) is 0 Å². The molecule has 0 aliphatic heterocycles. The Labute approximate surface area is 137 Å². The van der Waals surface area contributed by atoms with E-state index in [1.165, 1.54) is 24.3 Å². The van der Waals surface area contributed by atoms with Crippen molar-refractivity contribution in [1.82, 2.24) is 5.32 Å². The Kier molecular flexibility index (Phi) is 5.16. The highest BCUT2D eigenvalue weighted by Crippen LogP contribution is 2.22. The van der Waals surface area contributed by atoms with E-state index < -0.39 is 32.5 Å². The van der Waals surface area contributed by atoms with Crippen LogP contribution in [-0.4, -0.2) is 20.9 Å². The summed E-state index contributed by atoms with van der Waals surface area (Å²) in [6, 6.07) is 7.82. The standard InChI is InChI=1S/C16H12F2N2O3S/c1-2-9-19-16(21)12-5-3-4-6-14(12)20-24(22,23)15-8-7-11(17)10-13(15)18/h1,3-8,10,20H,9H2,(H,19,21). The first-order valence-corrected chi connectivity index (χ1v) is 8.12. The zero-order valence-corrected chi connectivity index (χ0v) is 13.0. The fourth-order valence-electron chi connectivity index (χ4n) is 1.89. The number of hydrogen-bond donors (Lipinski definition) is 2. The molecule has 0 saturated carbocycles. The van der Waals surface area contributed by atoms with Gasteiger partial charge in [-0.05, 0) is 24.3 Å². The molecule has 0 atom stereocenters. The van der Waals surface area contributed by atoms with E-state index in [4.69, 9.17) is 6.42 Å². The SMILES string of the molecule is C#CCNC(=O)c1ccccc1NS(=O)(=O)c1ccc(F)cc1F. The predicted molar refractivity (Wildman–Crippen MR) is 84.8 cm³/mol. The summed E-state index contributed by atoms with van der Waals surface area (Å²) >= 11 is 0. The van der Waals surface area contributed by atoms with Crippen molar-refractivity contribution in [3.63, 3.8) is 0 Å². The summed E-state index contributed by atoms with van der Waals surface area (Å²) in [7, 11) is -4.35. The first-order chi connectivity index (χ1) is 11.3. The van der Waals surface area contributed by atoms with E-state index in [-0.39, 0.29) is 17.8 Å². The molecule has 0 spiro atoms. The van der Waals surface area contributed by atoms with Gasteiger partial charge in [-0.1, -0.05) is 18.1 Å². The number of halogens is 2. The zero-order chi connectivity index (χ0) is 17.7. The van der Waals surface area contributed by atoms with Crippen LogP contribution in [0.1, 0.15) is 10.4 Å². The normalized spacial score (nSPS) is 10.7. The van der Waals surface area contributed by atoms with Gasteiger partial charge >= 0.3 is 0 Å². The zero-order valence-electron chi connectivity index (χ0n) is 12.2. The molecule has 2 aromatic carbocycles. The average Bonchev–Trinajstić information content (AvgIpc) is 2.52. The van der Waals surface area contributed by atoms with E-state index in [2.05, 4.69) is 16.0 Å². The van der Waals surface area contributed by atoms with Gasteiger partial charge in [0.25, 0.3) is 15.9 Å². The molecule has 0 fully saturated rings. The lowest BCUT2D eigenvalue weighted by molar-refractivity contribution is 0.0959. The quantitative estimate of drug-likeness (QED) is 0.811. The molecule has 0 bridgehead atoms. The second-order valence-electron chi connectivity index (χ2n) is 4.61. The predicted octanol–water partition coefficient (Wildman–Crippen LogP) is 2.13. The lowest BCUT2D eigenvalue weighted by atomic mass is 10.2. The third-order valence-electron chi connectivity index (χ3n) is 2.95. The Bertz CT molecular complexity index is 921. The van der Waals surface area contributed by atoms with Crippen molar-refractivity contribution in [2.24, 2.45) is 0 Å². The second kappa shape index (κ2) is 7.10. The van der Waals surface area contributed by atoms with Crippen LogP contribution >= 0.6 is 0 Å². The minimum Gasteiger partial charge on any atom is -0.341 e. The largest absolute Gasteiger partial charge is 0.341 e. The number of hydrogen-bond acceptors (Lipinski definition) is 3. The number of carbonyl (C=O) groups is 1. The average molecular weight is 350 g/mol. The Morgan fingerprint density at radius 3 is 2.54 bits per heavy atom. The smallest absolute Gasteiger partial charge is 0.264 e. The summed E-state index contributed by atoms with van der Waals surface area (Å²) in [4.78, 5) is 11.3. The molecule has 0 saturated heterocycles. The van der Waals surface area contributed by atoms with Crippen molar-refractivity contribution in [2.75, 3.05) is 11.3 Å². The topological polar surface area (TPSA) is 75.3 Å². The van der Waals surface area contributed by atoms with Crippen LogP contribution in [0.2, 0.25) is 0 Å². The van der Waals surface area contributed by atoms with Gasteiger partial charge in [0.2, 0.25) is 0 Å². The highest BCUT2D eigenvalue weighted by atomic mass is 32.2. The van der Waals surface area contributed by atoms with Crippen molar-refractivity contribution in [3.05, 3.63) is 59.7 Å². The third kappa shape index (κ3) is 3.88. The van der Waals surface area contributed by atoms with E-state index in [9.17, 15) is 22.0 Å². The molecular formula is C16H12F2N2O3S. The van der Waals surface area contributed by atoms with Crippen LogP contribution in [0, 0.1) is 24.0 Å². The second-order valence-corrected chi connectivity index (χ2v) is 6.26. The number of nitrogens with one attached hydrogen (secondary N) is 2. The maximum Gasteiger partial charge on any atom is 0.264 e. The molecule has 1 amide bonds. The highest BCUT2D eigenvalue weighted by molar-refractivity contribution is 7.92. The minimum atomic E-state index is -4.35. The number of anilines is 1. The molecule has 0 aliphatic rings. The van der Waals surface area contributed by atoms with Gasteiger partial charge in [-0.2, -0.15) is 0 Å². The Hall–Kier alpha value is -2.92. The molecule has 0 heterocycles. The van der Waals surface area contributed by atoms with Crippen LogP contribution in [0.25, 0.3) is 0 Å². The summed E-state index contributed by atoms with van der Waals surface area (Å²) in [5, 5.41) is 2.40. The molecule has 5 nitrogen and oxygen atoms in total. The number of amides is 1. The fourth-order valence-corrected chi connectivity index (χ4v) is 3.03. The van der Waals surface area contributed by atoms with Gasteiger partial charge in [0.15, 0.2) is 0 Å². The molecule has 2 aromatic rings. The summed E-state index contributed by atoms with van der Waals surface area (Å²) in [5.74, 6) is -0.514. The van der Waals surface area contributed by atoms with E-state index in [0.29, 0.717) is 6.07 Å². The summed E-state index contributed by atoms with van der Waals surface area (Å²) in [6.45, 7) is -0.0352. The van der Waals surface area contributed by atoms with Crippen LogP contribution in [0.4, 0.5) is 14.5 Å². The number of rotatable bonds is 5. The third-order valence-corrected chi connectivity index (χ3v) is 4.35. The van der Waals surface area contributed by atoms with E-state index in [1.54, 1.807) is 0 Å². The molecule has 124 valence electrons. The first kappa shape index (κ1) is 17.4. The Balaban J connectivity index is 2.37. The Morgan fingerprint density at radius 2 is 1.88 bits per heavy atom. The van der Waals surface area contributed by atoms with Gasteiger partial charge in [0.05, 0.1) is 17.8 Å². The van der Waals surface area contributed by atoms with E-state index in [1.807, 2.05) is 0 Å². The van der Waals surface area contributed by atoms with Crippen molar-refractivity contribution in [2.45, 2.75) is 4.90 Å². The van der Waals surface area contributed by atoms with Gasteiger partial charge in [-0.3, -0.25) is 9.52 Å². The summed E-state index contributed by atoms with van der Waals surface area (Å²) in [5.41, 5.74) is -0.0467. The van der Waals surface area contributed by atoms with Crippen molar-refractivity contribution in [1.29, 1.82) is 0 Å². The number of terminal acetylenes is 1. The van der Waals surface area contributed by atoms with E-state index in [0.717, 1.165) is 12.1 Å². The van der Waals surface area contributed by atoms with E-state index >= 15 is 0 Å². The van der Waals surface area contributed by atoms with Gasteiger partial charge in [-0.15, -0.1) is 6.42 Å². The number of benzene rings is 2. The lowest BCUT2D eigenvalue weighted by Crippen LogP contribution is -2.25. The lowest BCUT2D eigenvalue weighted by Gasteiger charge is -2.12. The molecule has 0 unspecified atom stereocenters. The summed E-state index contributed by atoms with van der Waals surface area (Å²) < 4.78 is 53.3. The van der Waals surface area contributed by atoms with Crippen LogP contribution < -0.4 is 10.0 Å². The monoisotopic (exact) mass is 350 g/mol. The first-order valence-electron chi connectivity index (χ1n) is 6.63. The van der Waals surface area contributed by atoms with Gasteiger partial charge in [0, 0.05) is 6.07 Å². The molecular weight excluding hydrogens is 338 g/mol. The molecule has 0 radical (unpaired) electrons. The summed E-state index contributed by atoms with van der Waals surface area (Å²) in [6.07, 6.45) is 5.05. The van der Waals surface area contributed by atoms with Crippen LogP contribution in [-0.2, 0) is 10.0 Å². The minimum absolute atomic E-state index is 0.0128. The van der Waals surface area contributed by atoms with Crippen LogP contribution in [0.15, 0.2) is 47.4 Å². The van der Waals surface area contributed by atoms with Gasteiger partial charge in [0.1, 0.15) is 16.5 Å². The molecule has 8 heteroatoms. The molecule has 0 aromatic heterocycles. The fraction of sp³-hybridized carbons (Fsp3) is 0.0625. The molecule has 2 rings (SSSR count). The Morgan fingerprint density at radius 1 is 1.17 bits per heavy atom.